The molecule has 25 heavy (non-hydrogen) atoms. The van der Waals surface area contributed by atoms with Gasteiger partial charge in [-0.2, -0.15) is 5.10 Å². The molecule has 1 amide bonds. The lowest BCUT2D eigenvalue weighted by Gasteiger charge is -2.08. The molecule has 2 aromatic rings. The van der Waals surface area contributed by atoms with Crippen molar-refractivity contribution in [2.24, 2.45) is 5.10 Å². The normalized spacial score (nSPS) is 10.7. The highest BCUT2D eigenvalue weighted by Crippen LogP contribution is 2.26. The molecule has 0 aliphatic carbocycles. The van der Waals surface area contributed by atoms with Crippen molar-refractivity contribution in [1.82, 2.24) is 5.43 Å². The van der Waals surface area contributed by atoms with Crippen LogP contribution < -0.4 is 14.9 Å². The van der Waals surface area contributed by atoms with Crippen LogP contribution in [0, 0.1) is 0 Å². The lowest BCUT2D eigenvalue weighted by molar-refractivity contribution is -0.123. The fraction of sp³-hybridized carbons (Fsp3) is 0.263. The third-order valence-corrected chi connectivity index (χ3v) is 3.99. The summed E-state index contributed by atoms with van der Waals surface area (Å²) >= 11 is 3.44. The molecule has 2 rings (SSSR count). The molecular formula is C19H21BrN2O3. The van der Waals surface area contributed by atoms with Crippen LogP contribution in [-0.4, -0.2) is 25.3 Å². The Labute approximate surface area is 156 Å². The molecule has 0 saturated carbocycles. The zero-order chi connectivity index (χ0) is 18.1. The smallest absolute Gasteiger partial charge is 0.277 e. The van der Waals surface area contributed by atoms with Crippen molar-refractivity contribution in [3.8, 4) is 11.5 Å². The van der Waals surface area contributed by atoms with E-state index in [0.29, 0.717) is 12.4 Å². The quantitative estimate of drug-likeness (QED) is 0.535. The fourth-order valence-electron chi connectivity index (χ4n) is 2.10. The first-order valence-electron chi connectivity index (χ1n) is 8.09. The highest BCUT2D eigenvalue weighted by atomic mass is 79.9. The van der Waals surface area contributed by atoms with Crippen molar-refractivity contribution < 1.29 is 14.3 Å². The maximum absolute atomic E-state index is 11.9. The van der Waals surface area contributed by atoms with Crippen molar-refractivity contribution in [3.05, 3.63) is 58.1 Å². The first-order chi connectivity index (χ1) is 12.1. The van der Waals surface area contributed by atoms with Gasteiger partial charge in [-0.15, -0.1) is 0 Å². The second kappa shape index (κ2) is 9.84. The first-order valence-corrected chi connectivity index (χ1v) is 8.88. The molecule has 0 spiro atoms. The van der Waals surface area contributed by atoms with Gasteiger partial charge in [0.25, 0.3) is 5.91 Å². The van der Waals surface area contributed by atoms with Crippen LogP contribution in [0.4, 0.5) is 0 Å². The molecule has 1 N–H and O–H groups in total. The highest BCUT2D eigenvalue weighted by Gasteiger charge is 2.06. The van der Waals surface area contributed by atoms with Crippen LogP contribution in [0.3, 0.4) is 0 Å². The summed E-state index contributed by atoms with van der Waals surface area (Å²) in [5.41, 5.74) is 4.44. The summed E-state index contributed by atoms with van der Waals surface area (Å²) in [4.78, 5) is 11.9. The molecule has 0 aliphatic heterocycles. The lowest BCUT2D eigenvalue weighted by atomic mass is 10.2. The summed E-state index contributed by atoms with van der Waals surface area (Å²) in [5.74, 6) is 1.01. The van der Waals surface area contributed by atoms with E-state index in [4.69, 9.17) is 9.47 Å². The van der Waals surface area contributed by atoms with Crippen molar-refractivity contribution in [1.29, 1.82) is 0 Å². The molecular weight excluding hydrogens is 384 g/mol. The van der Waals surface area contributed by atoms with Gasteiger partial charge in [-0.1, -0.05) is 25.1 Å². The number of hydrazone groups is 1. The molecule has 0 heterocycles. The Morgan fingerprint density at radius 2 is 1.96 bits per heavy atom. The summed E-state index contributed by atoms with van der Waals surface area (Å²) in [5, 5.41) is 3.95. The van der Waals surface area contributed by atoms with Gasteiger partial charge in [0, 0.05) is 5.56 Å². The van der Waals surface area contributed by atoms with Gasteiger partial charge in [-0.05, 0) is 59.1 Å². The molecule has 0 aliphatic rings. The van der Waals surface area contributed by atoms with E-state index >= 15 is 0 Å². The second-order valence-electron chi connectivity index (χ2n) is 5.17. The molecule has 0 fully saturated rings. The van der Waals surface area contributed by atoms with E-state index in [9.17, 15) is 4.79 Å². The van der Waals surface area contributed by atoms with Gasteiger partial charge >= 0.3 is 0 Å². The Hall–Kier alpha value is -2.34. The molecule has 0 radical (unpaired) electrons. The number of nitrogens with zero attached hydrogens (tertiary/aromatic N) is 1. The monoisotopic (exact) mass is 404 g/mol. The molecule has 0 atom stereocenters. The molecule has 2 aromatic carbocycles. The van der Waals surface area contributed by atoms with Crippen LogP contribution in [0.5, 0.6) is 11.5 Å². The number of amides is 1. The van der Waals surface area contributed by atoms with E-state index in [1.807, 2.05) is 49.4 Å². The minimum Gasteiger partial charge on any atom is -0.493 e. The number of carbonyl (C=O) groups is 1. The second-order valence-corrected chi connectivity index (χ2v) is 6.03. The van der Waals surface area contributed by atoms with E-state index in [1.165, 1.54) is 5.56 Å². The van der Waals surface area contributed by atoms with E-state index in [-0.39, 0.29) is 12.5 Å². The molecule has 6 heteroatoms. The number of ether oxygens (including phenoxy) is 2. The average Bonchev–Trinajstić information content (AvgIpc) is 2.62. The van der Waals surface area contributed by atoms with Gasteiger partial charge in [0.15, 0.2) is 6.61 Å². The molecule has 0 unspecified atom stereocenters. The Morgan fingerprint density at radius 1 is 1.16 bits per heavy atom. The lowest BCUT2D eigenvalue weighted by Crippen LogP contribution is -2.24. The van der Waals surface area contributed by atoms with Gasteiger partial charge < -0.3 is 9.47 Å². The van der Waals surface area contributed by atoms with Crippen LogP contribution in [0.25, 0.3) is 0 Å². The number of benzene rings is 2. The molecule has 0 saturated heterocycles. The standard InChI is InChI=1S/C19H21BrN2O3/c1-3-14-9-10-18(16(20)11-14)25-13-19(23)22-21-12-15-7-5-6-8-17(15)24-4-2/h5-12H,3-4,13H2,1-2H3,(H,22,23)/b21-12+. The van der Waals surface area contributed by atoms with E-state index in [2.05, 4.69) is 33.4 Å². The van der Waals surface area contributed by atoms with Crippen molar-refractivity contribution in [2.75, 3.05) is 13.2 Å². The van der Waals surface area contributed by atoms with Crippen LogP contribution in [0.15, 0.2) is 52.0 Å². The predicted octanol–water partition coefficient (Wildman–Crippen LogP) is 3.94. The summed E-state index contributed by atoms with van der Waals surface area (Å²) in [6.07, 6.45) is 2.49. The first kappa shape index (κ1) is 19.0. The van der Waals surface area contributed by atoms with Crippen molar-refractivity contribution in [2.45, 2.75) is 20.3 Å². The van der Waals surface area contributed by atoms with Gasteiger partial charge in [-0.25, -0.2) is 5.43 Å². The Kier molecular flexibility index (Phi) is 7.47. The minimum absolute atomic E-state index is 0.117. The van der Waals surface area contributed by atoms with Crippen LogP contribution in [-0.2, 0) is 11.2 Å². The molecule has 132 valence electrons. The van der Waals surface area contributed by atoms with Crippen molar-refractivity contribution in [3.63, 3.8) is 0 Å². The fourth-order valence-corrected chi connectivity index (χ4v) is 2.65. The Balaban J connectivity index is 1.87. The van der Waals surface area contributed by atoms with Crippen molar-refractivity contribution >= 4 is 28.1 Å². The number of hydrogen-bond donors (Lipinski definition) is 1. The number of hydrogen-bond acceptors (Lipinski definition) is 4. The number of halogens is 1. The molecule has 0 aromatic heterocycles. The van der Waals surface area contributed by atoms with Gasteiger partial charge in [0.1, 0.15) is 11.5 Å². The predicted molar refractivity (Wildman–Crippen MR) is 102 cm³/mol. The van der Waals surface area contributed by atoms with E-state index < -0.39 is 0 Å². The Morgan fingerprint density at radius 3 is 2.68 bits per heavy atom. The van der Waals surface area contributed by atoms with Gasteiger partial charge in [0.05, 0.1) is 17.3 Å². The zero-order valence-electron chi connectivity index (χ0n) is 14.3. The topological polar surface area (TPSA) is 59.9 Å². The third-order valence-electron chi connectivity index (χ3n) is 3.38. The number of carbonyl (C=O) groups excluding carboxylic acids is 1. The van der Waals surface area contributed by atoms with Crippen LogP contribution in [0.1, 0.15) is 25.0 Å². The number of para-hydroxylation sites is 1. The number of aryl methyl sites for hydroxylation is 1. The largest absolute Gasteiger partial charge is 0.493 e. The summed E-state index contributed by atoms with van der Waals surface area (Å²) in [6, 6.07) is 13.3. The summed E-state index contributed by atoms with van der Waals surface area (Å²) in [6.45, 7) is 4.45. The maximum atomic E-state index is 11.9. The van der Waals surface area contributed by atoms with Crippen LogP contribution >= 0.6 is 15.9 Å². The highest BCUT2D eigenvalue weighted by molar-refractivity contribution is 9.10. The molecule has 0 bridgehead atoms. The van der Waals surface area contributed by atoms with E-state index in [1.54, 1.807) is 6.21 Å². The summed E-state index contributed by atoms with van der Waals surface area (Å²) in [7, 11) is 0. The average molecular weight is 405 g/mol. The van der Waals surface area contributed by atoms with E-state index in [0.717, 1.165) is 22.2 Å². The summed E-state index contributed by atoms with van der Waals surface area (Å²) < 4.78 is 11.8. The number of rotatable bonds is 8. The van der Waals surface area contributed by atoms with Gasteiger partial charge in [-0.3, -0.25) is 4.79 Å². The SMILES string of the molecule is CCOc1ccccc1/C=N/NC(=O)COc1ccc(CC)cc1Br. The number of nitrogens with one attached hydrogen (secondary N) is 1. The maximum Gasteiger partial charge on any atom is 0.277 e. The Bertz CT molecular complexity index is 747. The minimum atomic E-state index is -0.336. The van der Waals surface area contributed by atoms with Crippen LogP contribution in [0.2, 0.25) is 0 Å². The molecule has 5 nitrogen and oxygen atoms in total. The zero-order valence-corrected chi connectivity index (χ0v) is 15.9. The van der Waals surface area contributed by atoms with Gasteiger partial charge in [0.2, 0.25) is 0 Å². The third kappa shape index (κ3) is 5.90.